The summed E-state index contributed by atoms with van der Waals surface area (Å²) in [6.45, 7) is 6.56. The predicted molar refractivity (Wildman–Crippen MR) is 58.8 cm³/mol. The molecule has 0 aromatic rings. The molecule has 0 aliphatic heterocycles. The first-order valence-corrected chi connectivity index (χ1v) is 5.92. The zero-order chi connectivity index (χ0) is 10.1. The van der Waals surface area contributed by atoms with Crippen molar-refractivity contribution in [1.29, 1.82) is 0 Å². The van der Waals surface area contributed by atoms with Crippen LogP contribution in [0.2, 0.25) is 0 Å². The van der Waals surface area contributed by atoms with Crippen LogP contribution in [0.5, 0.6) is 0 Å². The smallest absolute Gasteiger partial charge is 0.0537 e. The lowest BCUT2D eigenvalue weighted by atomic mass is 9.93. The Morgan fingerprint density at radius 3 is 2.08 bits per heavy atom. The molecule has 0 amide bonds. The Bertz CT molecular complexity index is 101. The van der Waals surface area contributed by atoms with Gasteiger partial charge in [-0.25, -0.2) is 0 Å². The maximum atomic E-state index is 9.43. The van der Waals surface area contributed by atoms with Crippen molar-refractivity contribution in [3.8, 4) is 0 Å². The van der Waals surface area contributed by atoms with Crippen LogP contribution in [0.1, 0.15) is 65.7 Å². The van der Waals surface area contributed by atoms with Crippen LogP contribution in [0.25, 0.3) is 0 Å². The largest absolute Gasteiger partial charge is 0.393 e. The van der Waals surface area contributed by atoms with E-state index in [0.717, 1.165) is 18.8 Å². The summed E-state index contributed by atoms with van der Waals surface area (Å²) in [4.78, 5) is 0. The molecule has 1 N–H and O–H groups in total. The van der Waals surface area contributed by atoms with E-state index < -0.39 is 0 Å². The lowest BCUT2D eigenvalue weighted by molar-refractivity contribution is 0.148. The first kappa shape index (κ1) is 13.0. The average molecular weight is 186 g/mol. The van der Waals surface area contributed by atoms with Crippen LogP contribution in [-0.4, -0.2) is 11.2 Å². The monoisotopic (exact) mass is 186 g/mol. The van der Waals surface area contributed by atoms with Crippen LogP contribution < -0.4 is 0 Å². The number of hydrogen-bond acceptors (Lipinski definition) is 1. The summed E-state index contributed by atoms with van der Waals surface area (Å²) in [5, 5.41) is 9.43. The van der Waals surface area contributed by atoms with Crippen LogP contribution in [0.15, 0.2) is 0 Å². The van der Waals surface area contributed by atoms with E-state index in [1.165, 1.54) is 32.1 Å². The summed E-state index contributed by atoms with van der Waals surface area (Å²) in [5.41, 5.74) is 0. The first-order chi connectivity index (χ1) is 6.24. The van der Waals surface area contributed by atoms with E-state index in [1.54, 1.807) is 0 Å². The highest BCUT2D eigenvalue weighted by atomic mass is 16.3. The lowest BCUT2D eigenvalue weighted by Crippen LogP contribution is -2.08. The van der Waals surface area contributed by atoms with Crippen molar-refractivity contribution in [2.75, 3.05) is 0 Å². The molecule has 13 heavy (non-hydrogen) atoms. The third-order valence-electron chi connectivity index (χ3n) is 2.92. The van der Waals surface area contributed by atoms with Gasteiger partial charge in [-0.05, 0) is 25.2 Å². The van der Waals surface area contributed by atoms with Gasteiger partial charge < -0.3 is 5.11 Å². The predicted octanol–water partition coefficient (Wildman–Crippen LogP) is 3.75. The summed E-state index contributed by atoms with van der Waals surface area (Å²) in [7, 11) is 0. The minimum Gasteiger partial charge on any atom is -0.393 e. The standard InChI is InChI=1S/C12H26O/c1-4-7-8-11(5-2)9-10-12(13)6-3/h11-13H,4-10H2,1-3H3/t11-,12-/m1/s1. The minimum atomic E-state index is -0.0596. The molecule has 0 saturated carbocycles. The van der Waals surface area contributed by atoms with E-state index in [4.69, 9.17) is 0 Å². The lowest BCUT2D eigenvalue weighted by Gasteiger charge is -2.15. The Hall–Kier alpha value is -0.0400. The Morgan fingerprint density at radius 2 is 1.62 bits per heavy atom. The Kier molecular flexibility index (Phi) is 8.53. The van der Waals surface area contributed by atoms with E-state index in [2.05, 4.69) is 20.8 Å². The molecule has 0 unspecified atom stereocenters. The van der Waals surface area contributed by atoms with Crippen molar-refractivity contribution in [2.24, 2.45) is 5.92 Å². The van der Waals surface area contributed by atoms with E-state index in [0.29, 0.717) is 0 Å². The molecule has 0 heterocycles. The van der Waals surface area contributed by atoms with Gasteiger partial charge in [0.05, 0.1) is 6.10 Å². The van der Waals surface area contributed by atoms with Gasteiger partial charge in [-0.2, -0.15) is 0 Å². The molecule has 0 aliphatic carbocycles. The molecule has 1 heteroatoms. The number of aliphatic hydroxyl groups excluding tert-OH is 1. The van der Waals surface area contributed by atoms with Crippen LogP contribution in [0, 0.1) is 5.92 Å². The molecule has 0 aromatic heterocycles. The molecule has 0 rings (SSSR count). The second kappa shape index (κ2) is 8.55. The van der Waals surface area contributed by atoms with Gasteiger partial charge in [-0.15, -0.1) is 0 Å². The molecular formula is C12H26O. The average Bonchev–Trinajstić information content (AvgIpc) is 2.17. The molecule has 2 atom stereocenters. The maximum absolute atomic E-state index is 9.43. The van der Waals surface area contributed by atoms with Gasteiger partial charge in [0.15, 0.2) is 0 Å². The highest BCUT2D eigenvalue weighted by Crippen LogP contribution is 2.19. The van der Waals surface area contributed by atoms with Crippen LogP contribution in [0.3, 0.4) is 0 Å². The Balaban J connectivity index is 3.46. The number of rotatable bonds is 8. The summed E-state index contributed by atoms with van der Waals surface area (Å²) in [5.74, 6) is 0.848. The summed E-state index contributed by atoms with van der Waals surface area (Å²) in [6.07, 6.45) is 8.33. The fourth-order valence-corrected chi connectivity index (χ4v) is 1.68. The molecule has 0 aromatic carbocycles. The van der Waals surface area contributed by atoms with Crippen molar-refractivity contribution in [1.82, 2.24) is 0 Å². The zero-order valence-electron chi connectivity index (χ0n) is 9.55. The van der Waals surface area contributed by atoms with Gasteiger partial charge in [0, 0.05) is 0 Å². The molecule has 0 fully saturated rings. The van der Waals surface area contributed by atoms with E-state index in [1.807, 2.05) is 0 Å². The van der Waals surface area contributed by atoms with Crippen molar-refractivity contribution < 1.29 is 5.11 Å². The van der Waals surface area contributed by atoms with Gasteiger partial charge in [0.25, 0.3) is 0 Å². The minimum absolute atomic E-state index is 0.0596. The van der Waals surface area contributed by atoms with Gasteiger partial charge in [0.2, 0.25) is 0 Å². The molecule has 0 spiro atoms. The second-order valence-corrected chi connectivity index (χ2v) is 4.06. The normalized spacial score (nSPS) is 15.7. The van der Waals surface area contributed by atoms with Crippen molar-refractivity contribution >= 4 is 0 Å². The number of aliphatic hydroxyl groups is 1. The topological polar surface area (TPSA) is 20.2 Å². The number of unbranched alkanes of at least 4 members (excludes halogenated alkanes) is 1. The third kappa shape index (κ3) is 7.06. The first-order valence-electron chi connectivity index (χ1n) is 5.92. The van der Waals surface area contributed by atoms with Crippen LogP contribution in [0.4, 0.5) is 0 Å². The zero-order valence-corrected chi connectivity index (χ0v) is 9.55. The van der Waals surface area contributed by atoms with E-state index >= 15 is 0 Å². The van der Waals surface area contributed by atoms with Gasteiger partial charge in [0.1, 0.15) is 0 Å². The molecule has 0 aliphatic rings. The van der Waals surface area contributed by atoms with Crippen molar-refractivity contribution in [2.45, 2.75) is 71.8 Å². The summed E-state index contributed by atoms with van der Waals surface area (Å²) in [6, 6.07) is 0. The molecule has 0 radical (unpaired) electrons. The van der Waals surface area contributed by atoms with Crippen molar-refractivity contribution in [3.05, 3.63) is 0 Å². The fraction of sp³-hybridized carbons (Fsp3) is 1.00. The van der Waals surface area contributed by atoms with E-state index in [-0.39, 0.29) is 6.10 Å². The third-order valence-corrected chi connectivity index (χ3v) is 2.92. The molecular weight excluding hydrogens is 160 g/mol. The van der Waals surface area contributed by atoms with Crippen LogP contribution in [-0.2, 0) is 0 Å². The van der Waals surface area contributed by atoms with Crippen molar-refractivity contribution in [3.63, 3.8) is 0 Å². The van der Waals surface area contributed by atoms with E-state index in [9.17, 15) is 5.11 Å². The van der Waals surface area contributed by atoms with Crippen LogP contribution >= 0.6 is 0 Å². The van der Waals surface area contributed by atoms with Gasteiger partial charge in [-0.3, -0.25) is 0 Å². The fourth-order valence-electron chi connectivity index (χ4n) is 1.68. The van der Waals surface area contributed by atoms with Gasteiger partial charge in [-0.1, -0.05) is 46.5 Å². The molecule has 1 nitrogen and oxygen atoms in total. The number of hydrogen-bond donors (Lipinski definition) is 1. The molecule has 0 bridgehead atoms. The maximum Gasteiger partial charge on any atom is 0.0537 e. The molecule has 0 saturated heterocycles. The molecule has 80 valence electrons. The quantitative estimate of drug-likeness (QED) is 0.612. The highest BCUT2D eigenvalue weighted by molar-refractivity contribution is 4.61. The SMILES string of the molecule is CCCC[C@@H](CC)CC[C@H](O)CC. The summed E-state index contributed by atoms with van der Waals surface area (Å²) >= 11 is 0. The summed E-state index contributed by atoms with van der Waals surface area (Å²) < 4.78 is 0. The van der Waals surface area contributed by atoms with Gasteiger partial charge >= 0.3 is 0 Å². The highest BCUT2D eigenvalue weighted by Gasteiger charge is 2.08. The Labute approximate surface area is 83.5 Å². The Morgan fingerprint density at radius 1 is 0.923 bits per heavy atom. The second-order valence-electron chi connectivity index (χ2n) is 4.06.